The highest BCUT2D eigenvalue weighted by molar-refractivity contribution is 6.02. The number of nitrogens with zero attached hydrogens (tertiary/aromatic N) is 1. The summed E-state index contributed by atoms with van der Waals surface area (Å²) in [5.74, 6) is 0.632. The number of hydrogen-bond donors (Lipinski definition) is 0. The lowest BCUT2D eigenvalue weighted by molar-refractivity contribution is 0.733. The van der Waals surface area contributed by atoms with Gasteiger partial charge in [0.2, 0.25) is 0 Å². The maximum atomic E-state index is 4.45. The van der Waals surface area contributed by atoms with Gasteiger partial charge in [0.1, 0.15) is 0 Å². The Bertz CT molecular complexity index is 236. The average molecular weight is 179 g/mol. The number of allylic oxidation sites excluding steroid dienone is 2. The molecule has 0 aromatic carbocycles. The van der Waals surface area contributed by atoms with Crippen molar-refractivity contribution in [2.75, 3.05) is 7.05 Å². The molecule has 0 saturated heterocycles. The van der Waals surface area contributed by atoms with Crippen LogP contribution in [-0.4, -0.2) is 12.8 Å². The smallest absolute Gasteiger partial charge is 0.0404 e. The molecule has 1 nitrogen and oxygen atoms in total. The Kier molecular flexibility index (Phi) is 3.71. The molecule has 0 fully saturated rings. The normalized spacial score (nSPS) is 21.1. The zero-order valence-corrected chi connectivity index (χ0v) is 9.35. The topological polar surface area (TPSA) is 12.4 Å². The van der Waals surface area contributed by atoms with Crippen LogP contribution >= 0.6 is 0 Å². The van der Waals surface area contributed by atoms with Gasteiger partial charge in [0, 0.05) is 12.8 Å². The summed E-state index contributed by atoms with van der Waals surface area (Å²) in [4.78, 5) is 4.45. The van der Waals surface area contributed by atoms with Crippen molar-refractivity contribution < 1.29 is 0 Å². The molecule has 0 saturated carbocycles. The molecule has 0 radical (unpaired) electrons. The van der Waals surface area contributed by atoms with Gasteiger partial charge in [-0.05, 0) is 44.1 Å². The molecule has 0 spiro atoms. The Morgan fingerprint density at radius 2 is 2.15 bits per heavy atom. The van der Waals surface area contributed by atoms with Gasteiger partial charge in [0.05, 0.1) is 0 Å². The van der Waals surface area contributed by atoms with Crippen molar-refractivity contribution >= 4 is 5.71 Å². The first-order chi connectivity index (χ1) is 6.20. The van der Waals surface area contributed by atoms with Crippen LogP contribution in [0.2, 0.25) is 0 Å². The molecule has 1 atom stereocenters. The maximum Gasteiger partial charge on any atom is 0.0404 e. The number of hydrogen-bond acceptors (Lipinski definition) is 1. The van der Waals surface area contributed by atoms with Crippen molar-refractivity contribution in [2.24, 2.45) is 10.9 Å². The van der Waals surface area contributed by atoms with Gasteiger partial charge >= 0.3 is 0 Å². The summed E-state index contributed by atoms with van der Waals surface area (Å²) >= 11 is 0. The van der Waals surface area contributed by atoms with Gasteiger partial charge in [-0.3, -0.25) is 4.99 Å². The standard InChI is InChI=1S/C12H21N/c1-5-9(2)12(13-4)11-8-6-7-10(11)3/h9H,5-8H2,1-4H3/b13-12-. The second kappa shape index (κ2) is 4.59. The Balaban J connectivity index is 2.84. The Hall–Kier alpha value is -0.590. The van der Waals surface area contributed by atoms with E-state index in [0.29, 0.717) is 5.92 Å². The molecule has 1 rings (SSSR count). The lowest BCUT2D eigenvalue weighted by Crippen LogP contribution is -2.13. The summed E-state index contributed by atoms with van der Waals surface area (Å²) in [7, 11) is 1.93. The minimum Gasteiger partial charge on any atom is -0.293 e. The third-order valence-corrected chi connectivity index (χ3v) is 3.12. The zero-order valence-electron chi connectivity index (χ0n) is 9.35. The first-order valence-corrected chi connectivity index (χ1v) is 5.36. The van der Waals surface area contributed by atoms with Crippen LogP contribution in [0.3, 0.4) is 0 Å². The lowest BCUT2D eigenvalue weighted by Gasteiger charge is -2.14. The van der Waals surface area contributed by atoms with Gasteiger partial charge < -0.3 is 0 Å². The van der Waals surface area contributed by atoms with Crippen LogP contribution in [-0.2, 0) is 0 Å². The maximum absolute atomic E-state index is 4.45. The van der Waals surface area contributed by atoms with Gasteiger partial charge in [0.25, 0.3) is 0 Å². The summed E-state index contributed by atoms with van der Waals surface area (Å²) in [5.41, 5.74) is 4.48. The van der Waals surface area contributed by atoms with Crippen LogP contribution in [0.4, 0.5) is 0 Å². The largest absolute Gasteiger partial charge is 0.293 e. The fraction of sp³-hybridized carbons (Fsp3) is 0.750. The molecule has 0 N–H and O–H groups in total. The van der Waals surface area contributed by atoms with Crippen molar-refractivity contribution in [2.45, 2.75) is 46.5 Å². The van der Waals surface area contributed by atoms with Crippen molar-refractivity contribution in [1.29, 1.82) is 0 Å². The molecule has 0 aromatic rings. The van der Waals surface area contributed by atoms with E-state index in [1.807, 2.05) is 7.05 Å². The second-order valence-electron chi connectivity index (χ2n) is 4.03. The van der Waals surface area contributed by atoms with Crippen molar-refractivity contribution in [3.8, 4) is 0 Å². The van der Waals surface area contributed by atoms with Crippen molar-refractivity contribution in [1.82, 2.24) is 0 Å². The molecule has 0 bridgehead atoms. The van der Waals surface area contributed by atoms with Crippen LogP contribution in [0.1, 0.15) is 46.5 Å². The highest BCUT2D eigenvalue weighted by Crippen LogP contribution is 2.29. The predicted octanol–water partition coefficient (Wildman–Crippen LogP) is 3.60. The summed E-state index contributed by atoms with van der Waals surface area (Å²) in [5, 5.41) is 0. The predicted molar refractivity (Wildman–Crippen MR) is 59.4 cm³/mol. The SMILES string of the molecule is CCC(C)/C(=N/C)C1=C(C)CCC1. The summed E-state index contributed by atoms with van der Waals surface area (Å²) in [6.07, 6.45) is 5.06. The minimum absolute atomic E-state index is 0.632. The third kappa shape index (κ3) is 2.20. The molecular formula is C12H21N. The molecular weight excluding hydrogens is 158 g/mol. The van der Waals surface area contributed by atoms with Crippen molar-refractivity contribution in [3.63, 3.8) is 0 Å². The lowest BCUT2D eigenvalue weighted by atomic mass is 9.94. The number of rotatable bonds is 3. The first kappa shape index (κ1) is 10.5. The van der Waals surface area contributed by atoms with E-state index in [1.54, 1.807) is 11.1 Å². The third-order valence-electron chi connectivity index (χ3n) is 3.12. The van der Waals surface area contributed by atoms with Crippen molar-refractivity contribution in [3.05, 3.63) is 11.1 Å². The van der Waals surface area contributed by atoms with Crippen LogP contribution in [0.25, 0.3) is 0 Å². The molecule has 1 aliphatic carbocycles. The van der Waals surface area contributed by atoms with Crippen LogP contribution in [0, 0.1) is 5.92 Å². The van der Waals surface area contributed by atoms with Gasteiger partial charge in [-0.15, -0.1) is 0 Å². The van der Waals surface area contributed by atoms with Crippen LogP contribution in [0.15, 0.2) is 16.1 Å². The molecule has 0 aliphatic heterocycles. The van der Waals surface area contributed by atoms with E-state index in [-0.39, 0.29) is 0 Å². The molecule has 0 aromatic heterocycles. The van der Waals surface area contributed by atoms with E-state index < -0.39 is 0 Å². The highest BCUT2D eigenvalue weighted by atomic mass is 14.7. The fourth-order valence-corrected chi connectivity index (χ4v) is 2.09. The summed E-state index contributed by atoms with van der Waals surface area (Å²) in [6.45, 7) is 6.78. The average Bonchev–Trinajstić information content (AvgIpc) is 2.53. The van der Waals surface area contributed by atoms with E-state index in [1.165, 1.54) is 31.4 Å². The quantitative estimate of drug-likeness (QED) is 0.587. The van der Waals surface area contributed by atoms with E-state index in [0.717, 1.165) is 0 Å². The zero-order chi connectivity index (χ0) is 9.84. The Morgan fingerprint density at radius 1 is 1.46 bits per heavy atom. The van der Waals surface area contributed by atoms with Gasteiger partial charge in [-0.25, -0.2) is 0 Å². The Morgan fingerprint density at radius 3 is 2.54 bits per heavy atom. The Labute approximate surface area is 82.0 Å². The minimum atomic E-state index is 0.632. The van der Waals surface area contributed by atoms with Gasteiger partial charge in [-0.1, -0.05) is 19.4 Å². The van der Waals surface area contributed by atoms with Crippen LogP contribution < -0.4 is 0 Å². The fourth-order valence-electron chi connectivity index (χ4n) is 2.09. The van der Waals surface area contributed by atoms with Crippen LogP contribution in [0.5, 0.6) is 0 Å². The molecule has 0 amide bonds. The first-order valence-electron chi connectivity index (χ1n) is 5.36. The van der Waals surface area contributed by atoms with Gasteiger partial charge in [0.15, 0.2) is 0 Å². The van der Waals surface area contributed by atoms with E-state index in [9.17, 15) is 0 Å². The van der Waals surface area contributed by atoms with E-state index in [4.69, 9.17) is 0 Å². The molecule has 13 heavy (non-hydrogen) atoms. The molecule has 74 valence electrons. The van der Waals surface area contributed by atoms with E-state index in [2.05, 4.69) is 25.8 Å². The summed E-state index contributed by atoms with van der Waals surface area (Å²) < 4.78 is 0. The molecule has 1 unspecified atom stereocenters. The summed E-state index contributed by atoms with van der Waals surface area (Å²) in [6, 6.07) is 0. The second-order valence-corrected chi connectivity index (χ2v) is 4.03. The van der Waals surface area contributed by atoms with E-state index >= 15 is 0 Å². The molecule has 1 aliphatic rings. The molecule has 1 heteroatoms. The molecule has 0 heterocycles. The van der Waals surface area contributed by atoms with Gasteiger partial charge in [-0.2, -0.15) is 0 Å². The monoisotopic (exact) mass is 179 g/mol. The highest BCUT2D eigenvalue weighted by Gasteiger charge is 2.18. The number of aliphatic imine (C=N–C) groups is 1.